The number of amides is 1. The summed E-state index contributed by atoms with van der Waals surface area (Å²) in [5, 5.41) is 7.25. The van der Waals surface area contributed by atoms with Crippen LogP contribution in [0.4, 0.5) is 0 Å². The van der Waals surface area contributed by atoms with Crippen LogP contribution in [0.5, 0.6) is 11.6 Å². The molecule has 0 saturated heterocycles. The van der Waals surface area contributed by atoms with E-state index in [1.165, 1.54) is 4.68 Å². The van der Waals surface area contributed by atoms with Gasteiger partial charge in [-0.2, -0.15) is 5.10 Å². The molecule has 0 bridgehead atoms. The summed E-state index contributed by atoms with van der Waals surface area (Å²) in [5.41, 5.74) is 7.25. The monoisotopic (exact) mass is 274 g/mol. The molecule has 6 nitrogen and oxygen atoms in total. The Hall–Kier alpha value is -2.34. The van der Waals surface area contributed by atoms with Crippen molar-refractivity contribution in [2.24, 2.45) is 12.8 Å². The van der Waals surface area contributed by atoms with Gasteiger partial charge in [-0.1, -0.05) is 18.2 Å². The molecule has 106 valence electrons. The third-order valence-electron chi connectivity index (χ3n) is 2.96. The topological polar surface area (TPSA) is 82.2 Å². The number of nitrogens with one attached hydrogen (secondary N) is 1. The van der Waals surface area contributed by atoms with Gasteiger partial charge in [0.2, 0.25) is 5.88 Å². The number of primary amides is 1. The maximum atomic E-state index is 11.5. The summed E-state index contributed by atoms with van der Waals surface area (Å²) in [7, 11) is 3.58. The fraction of sp³-hybridized carbons (Fsp3) is 0.286. The van der Waals surface area contributed by atoms with Gasteiger partial charge in [-0.25, -0.2) is 4.68 Å². The van der Waals surface area contributed by atoms with Gasteiger partial charge in [0.25, 0.3) is 5.91 Å². The summed E-state index contributed by atoms with van der Waals surface area (Å²) >= 11 is 0. The van der Waals surface area contributed by atoms with Crippen molar-refractivity contribution in [1.29, 1.82) is 0 Å². The maximum absolute atomic E-state index is 11.5. The van der Waals surface area contributed by atoms with E-state index < -0.39 is 5.91 Å². The van der Waals surface area contributed by atoms with Crippen LogP contribution in [0.15, 0.2) is 24.3 Å². The predicted octanol–water partition coefficient (Wildman–Crippen LogP) is 1.34. The van der Waals surface area contributed by atoms with Crippen LogP contribution in [0.2, 0.25) is 0 Å². The van der Waals surface area contributed by atoms with E-state index in [0.717, 1.165) is 5.56 Å². The van der Waals surface area contributed by atoms with Gasteiger partial charge in [0.05, 0.1) is 5.69 Å². The van der Waals surface area contributed by atoms with Gasteiger partial charge in [-0.3, -0.25) is 4.79 Å². The van der Waals surface area contributed by atoms with E-state index >= 15 is 0 Å². The van der Waals surface area contributed by atoms with Crippen molar-refractivity contribution in [2.45, 2.75) is 13.5 Å². The van der Waals surface area contributed by atoms with Crippen molar-refractivity contribution in [1.82, 2.24) is 15.1 Å². The lowest BCUT2D eigenvalue weighted by Crippen LogP contribution is -2.13. The van der Waals surface area contributed by atoms with Gasteiger partial charge in [-0.15, -0.1) is 0 Å². The number of rotatable bonds is 5. The molecule has 0 fully saturated rings. The molecule has 1 aromatic heterocycles. The number of para-hydroxylation sites is 1. The molecule has 3 N–H and O–H groups in total. The molecule has 2 aromatic rings. The molecule has 0 aliphatic rings. The number of carbonyl (C=O) groups is 1. The summed E-state index contributed by atoms with van der Waals surface area (Å²) < 4.78 is 7.39. The van der Waals surface area contributed by atoms with Crippen molar-refractivity contribution in [3.8, 4) is 11.6 Å². The molecule has 0 aliphatic heterocycles. The van der Waals surface area contributed by atoms with Gasteiger partial charge in [-0.05, 0) is 20.0 Å². The number of benzene rings is 1. The highest BCUT2D eigenvalue weighted by Gasteiger charge is 2.20. The lowest BCUT2D eigenvalue weighted by atomic mass is 10.2. The summed E-state index contributed by atoms with van der Waals surface area (Å²) in [6.07, 6.45) is 0. The number of hydrogen-bond donors (Lipinski definition) is 2. The quantitative estimate of drug-likeness (QED) is 0.862. The number of ether oxygens (including phenoxy) is 1. The zero-order valence-corrected chi connectivity index (χ0v) is 11.8. The van der Waals surface area contributed by atoms with Crippen LogP contribution in [0.25, 0.3) is 0 Å². The molecule has 1 aromatic carbocycles. The first-order valence-corrected chi connectivity index (χ1v) is 6.28. The zero-order valence-electron chi connectivity index (χ0n) is 11.8. The van der Waals surface area contributed by atoms with Gasteiger partial charge < -0.3 is 15.8 Å². The summed E-state index contributed by atoms with van der Waals surface area (Å²) in [4.78, 5) is 11.5. The van der Waals surface area contributed by atoms with Gasteiger partial charge in [0.15, 0.2) is 0 Å². The summed E-state index contributed by atoms with van der Waals surface area (Å²) in [6.45, 7) is 2.39. The van der Waals surface area contributed by atoms with E-state index in [1.807, 2.05) is 31.3 Å². The van der Waals surface area contributed by atoms with Crippen LogP contribution in [0.3, 0.4) is 0 Å². The fourth-order valence-corrected chi connectivity index (χ4v) is 2.08. The SMILES string of the molecule is CNCc1ccccc1Oc1c(C(N)=O)c(C)nn1C. The highest BCUT2D eigenvalue weighted by molar-refractivity contribution is 5.96. The highest BCUT2D eigenvalue weighted by Crippen LogP contribution is 2.29. The Bertz CT molecular complexity index is 634. The lowest BCUT2D eigenvalue weighted by Gasteiger charge is -2.11. The van der Waals surface area contributed by atoms with Crippen LogP contribution in [0, 0.1) is 6.92 Å². The Morgan fingerprint density at radius 1 is 1.45 bits per heavy atom. The van der Waals surface area contributed by atoms with Crippen LogP contribution in [-0.4, -0.2) is 22.7 Å². The number of aryl methyl sites for hydroxylation is 2. The number of carbonyl (C=O) groups excluding carboxylic acids is 1. The second kappa shape index (κ2) is 5.75. The lowest BCUT2D eigenvalue weighted by molar-refractivity contribution is 0.0997. The van der Waals surface area contributed by atoms with E-state index in [-0.39, 0.29) is 0 Å². The molecular weight excluding hydrogens is 256 g/mol. The molecule has 0 spiro atoms. The Balaban J connectivity index is 2.43. The normalized spacial score (nSPS) is 10.6. The average Bonchev–Trinajstić information content (AvgIpc) is 2.67. The van der Waals surface area contributed by atoms with Crippen LogP contribution < -0.4 is 15.8 Å². The van der Waals surface area contributed by atoms with E-state index in [2.05, 4.69) is 10.4 Å². The maximum Gasteiger partial charge on any atom is 0.256 e. The van der Waals surface area contributed by atoms with E-state index in [4.69, 9.17) is 10.5 Å². The Morgan fingerprint density at radius 2 is 2.15 bits per heavy atom. The number of hydrogen-bond acceptors (Lipinski definition) is 4. The van der Waals surface area contributed by atoms with Crippen molar-refractivity contribution in [3.63, 3.8) is 0 Å². The second-order valence-corrected chi connectivity index (χ2v) is 4.49. The van der Waals surface area contributed by atoms with Crippen LogP contribution in [-0.2, 0) is 13.6 Å². The molecule has 6 heteroatoms. The average molecular weight is 274 g/mol. The Kier molecular flexibility index (Phi) is 4.05. The smallest absolute Gasteiger partial charge is 0.256 e. The van der Waals surface area contributed by atoms with Crippen molar-refractivity contribution < 1.29 is 9.53 Å². The molecule has 0 atom stereocenters. The predicted molar refractivity (Wildman–Crippen MR) is 75.7 cm³/mol. The molecule has 0 saturated carbocycles. The van der Waals surface area contributed by atoms with Gasteiger partial charge in [0.1, 0.15) is 11.3 Å². The fourth-order valence-electron chi connectivity index (χ4n) is 2.08. The number of nitrogens with zero attached hydrogens (tertiary/aromatic N) is 2. The van der Waals surface area contributed by atoms with Gasteiger partial charge >= 0.3 is 0 Å². The minimum Gasteiger partial charge on any atom is -0.438 e. The molecular formula is C14H18N4O2. The standard InChI is InChI=1S/C14H18N4O2/c1-9-12(13(15)19)14(18(3)17-9)20-11-7-5-4-6-10(11)8-16-2/h4-7,16H,8H2,1-3H3,(H2,15,19). The van der Waals surface area contributed by atoms with E-state index in [9.17, 15) is 4.79 Å². The van der Waals surface area contributed by atoms with E-state index in [1.54, 1.807) is 14.0 Å². The molecule has 1 heterocycles. The van der Waals surface area contributed by atoms with Crippen LogP contribution >= 0.6 is 0 Å². The first kappa shape index (κ1) is 14.1. The molecule has 0 aliphatic carbocycles. The Labute approximate surface area is 117 Å². The highest BCUT2D eigenvalue weighted by atomic mass is 16.5. The third kappa shape index (κ3) is 2.65. The van der Waals surface area contributed by atoms with Crippen LogP contribution in [0.1, 0.15) is 21.6 Å². The number of nitrogens with two attached hydrogens (primary N) is 1. The summed E-state index contributed by atoms with van der Waals surface area (Å²) in [5.74, 6) is 0.489. The van der Waals surface area contributed by atoms with Gasteiger partial charge in [0, 0.05) is 19.2 Å². The molecule has 0 unspecified atom stereocenters. The Morgan fingerprint density at radius 3 is 2.80 bits per heavy atom. The molecule has 0 radical (unpaired) electrons. The second-order valence-electron chi connectivity index (χ2n) is 4.49. The minimum atomic E-state index is -0.545. The van der Waals surface area contributed by atoms with Crippen molar-refractivity contribution >= 4 is 5.91 Å². The molecule has 1 amide bonds. The first-order chi connectivity index (χ1) is 9.54. The minimum absolute atomic E-state index is 0.312. The summed E-state index contributed by atoms with van der Waals surface area (Å²) in [6, 6.07) is 7.61. The third-order valence-corrected chi connectivity index (χ3v) is 2.96. The van der Waals surface area contributed by atoms with Crippen molar-refractivity contribution in [2.75, 3.05) is 7.05 Å². The first-order valence-electron chi connectivity index (χ1n) is 6.28. The van der Waals surface area contributed by atoms with E-state index in [0.29, 0.717) is 29.4 Å². The number of aromatic nitrogens is 2. The largest absolute Gasteiger partial charge is 0.438 e. The van der Waals surface area contributed by atoms with Crippen molar-refractivity contribution in [3.05, 3.63) is 41.1 Å². The molecule has 20 heavy (non-hydrogen) atoms. The molecule has 2 rings (SSSR count). The zero-order chi connectivity index (χ0) is 14.7.